The summed E-state index contributed by atoms with van der Waals surface area (Å²) in [4.78, 5) is 66.4. The molecule has 3 rings (SSSR count). The third-order valence-electron chi connectivity index (χ3n) is 7.33. The van der Waals surface area contributed by atoms with E-state index in [4.69, 9.17) is 17.2 Å². The van der Waals surface area contributed by atoms with Gasteiger partial charge in [0.25, 0.3) is 0 Å². The van der Waals surface area contributed by atoms with E-state index in [1.165, 1.54) is 24.3 Å². The minimum atomic E-state index is -1.33. The lowest BCUT2D eigenvalue weighted by atomic mass is 10.0. The summed E-state index contributed by atoms with van der Waals surface area (Å²) in [6, 6.07) is 8.61. The summed E-state index contributed by atoms with van der Waals surface area (Å²) in [5.41, 5.74) is 19.3. The van der Waals surface area contributed by atoms with Crippen molar-refractivity contribution in [2.45, 2.75) is 69.1 Å². The molecule has 0 saturated carbocycles. The Balaban J connectivity index is 1.72. The number of nitrogens with two attached hydrogens (primary N) is 3. The number of fused-ring (bicyclic) bond motifs is 1. The molecule has 0 aliphatic heterocycles. The zero-order valence-corrected chi connectivity index (χ0v) is 24.8. The fraction of sp³-hybridized carbons (Fsp3) is 0.387. The fourth-order valence-electron chi connectivity index (χ4n) is 4.84. The highest BCUT2D eigenvalue weighted by Gasteiger charge is 2.30. The second-order valence-electron chi connectivity index (χ2n) is 10.9. The Bertz CT molecular complexity index is 1470. The molecular weight excluding hydrogens is 582 g/mol. The van der Waals surface area contributed by atoms with Gasteiger partial charge >= 0.3 is 5.97 Å². The fourth-order valence-corrected chi connectivity index (χ4v) is 4.84. The SMILES string of the molecule is NCCCCC(NC(=O)C(CCC(N)=O)NC(=O)C(N)Cc1c[nH]c2ccccc12)C(=O)NC(Cc1ccc(O)cc1)C(=O)O. The van der Waals surface area contributed by atoms with Crippen molar-refractivity contribution >= 4 is 40.5 Å². The molecule has 0 saturated heterocycles. The molecule has 0 spiro atoms. The lowest BCUT2D eigenvalue weighted by Gasteiger charge is -2.25. The molecule has 4 atom stereocenters. The van der Waals surface area contributed by atoms with Crippen LogP contribution in [0.2, 0.25) is 0 Å². The van der Waals surface area contributed by atoms with Gasteiger partial charge in [-0.25, -0.2) is 4.79 Å². The Labute approximate surface area is 260 Å². The summed E-state index contributed by atoms with van der Waals surface area (Å²) in [6.07, 6.45) is 2.59. The molecular formula is C31H41N7O7. The van der Waals surface area contributed by atoms with Crippen LogP contribution in [-0.4, -0.2) is 75.5 Å². The topological polar surface area (TPSA) is 256 Å². The highest BCUT2D eigenvalue weighted by atomic mass is 16.4. The molecule has 1 heterocycles. The lowest BCUT2D eigenvalue weighted by Crippen LogP contribution is -2.57. The van der Waals surface area contributed by atoms with Crippen molar-refractivity contribution in [2.75, 3.05) is 6.54 Å². The van der Waals surface area contributed by atoms with Crippen molar-refractivity contribution < 1.29 is 34.2 Å². The van der Waals surface area contributed by atoms with Crippen LogP contribution in [0.15, 0.2) is 54.7 Å². The van der Waals surface area contributed by atoms with Crippen molar-refractivity contribution in [3.63, 3.8) is 0 Å². The predicted octanol–water partition coefficient (Wildman–Crippen LogP) is -0.0805. The van der Waals surface area contributed by atoms with Crippen LogP contribution in [0.5, 0.6) is 5.75 Å². The van der Waals surface area contributed by atoms with E-state index in [9.17, 15) is 34.2 Å². The number of hydrogen-bond donors (Lipinski definition) is 9. The molecule has 14 nitrogen and oxygen atoms in total. The Hall–Kier alpha value is -4.95. The number of primary amides is 1. The van der Waals surface area contributed by atoms with Gasteiger partial charge in [-0.05, 0) is 68.0 Å². The molecule has 1 aromatic heterocycles. The Morgan fingerprint density at radius 2 is 1.42 bits per heavy atom. The molecule has 4 amide bonds. The number of unbranched alkanes of at least 4 members (excludes halogenated alkanes) is 1. The predicted molar refractivity (Wildman–Crippen MR) is 167 cm³/mol. The van der Waals surface area contributed by atoms with Crippen LogP contribution in [0, 0.1) is 0 Å². The zero-order chi connectivity index (χ0) is 32.9. The van der Waals surface area contributed by atoms with Gasteiger partial charge in [-0.15, -0.1) is 0 Å². The number of nitrogens with one attached hydrogen (secondary N) is 4. The molecule has 2 aromatic carbocycles. The second-order valence-corrected chi connectivity index (χ2v) is 10.9. The summed E-state index contributed by atoms with van der Waals surface area (Å²) >= 11 is 0. The summed E-state index contributed by atoms with van der Waals surface area (Å²) < 4.78 is 0. The van der Waals surface area contributed by atoms with E-state index in [0.717, 1.165) is 16.5 Å². The number of benzene rings is 2. The number of carboxylic acids is 1. The van der Waals surface area contributed by atoms with E-state index in [1.807, 2.05) is 24.3 Å². The number of para-hydroxylation sites is 1. The first-order valence-electron chi connectivity index (χ1n) is 14.7. The first-order valence-corrected chi connectivity index (χ1v) is 14.7. The molecule has 242 valence electrons. The van der Waals surface area contributed by atoms with Gasteiger partial charge < -0.3 is 48.3 Å². The zero-order valence-electron chi connectivity index (χ0n) is 24.8. The molecule has 4 unspecified atom stereocenters. The van der Waals surface area contributed by atoms with Crippen LogP contribution in [0.25, 0.3) is 10.9 Å². The van der Waals surface area contributed by atoms with Gasteiger partial charge in [-0.3, -0.25) is 19.2 Å². The number of phenols is 1. The van der Waals surface area contributed by atoms with E-state index in [2.05, 4.69) is 20.9 Å². The van der Waals surface area contributed by atoms with E-state index in [-0.39, 0.29) is 37.9 Å². The third kappa shape index (κ3) is 10.6. The summed E-state index contributed by atoms with van der Waals surface area (Å²) in [7, 11) is 0. The van der Waals surface area contributed by atoms with Gasteiger partial charge in [0.2, 0.25) is 23.6 Å². The number of phenolic OH excluding ortho intramolecular Hbond substituents is 1. The molecule has 0 aliphatic rings. The Morgan fingerprint density at radius 1 is 0.800 bits per heavy atom. The highest BCUT2D eigenvalue weighted by Crippen LogP contribution is 2.19. The molecule has 0 radical (unpaired) electrons. The molecule has 12 N–H and O–H groups in total. The van der Waals surface area contributed by atoms with Gasteiger partial charge in [-0.1, -0.05) is 30.3 Å². The number of carboxylic acid groups (broad SMARTS) is 1. The van der Waals surface area contributed by atoms with Crippen LogP contribution in [-0.2, 0) is 36.8 Å². The van der Waals surface area contributed by atoms with Gasteiger partial charge in [0.15, 0.2) is 0 Å². The largest absolute Gasteiger partial charge is 0.508 e. The van der Waals surface area contributed by atoms with Gasteiger partial charge in [0.05, 0.1) is 6.04 Å². The van der Waals surface area contributed by atoms with Crippen LogP contribution >= 0.6 is 0 Å². The third-order valence-corrected chi connectivity index (χ3v) is 7.33. The van der Waals surface area contributed by atoms with Crippen LogP contribution in [0.1, 0.15) is 43.2 Å². The number of carbonyl (C=O) groups is 5. The van der Waals surface area contributed by atoms with Crippen LogP contribution in [0.3, 0.4) is 0 Å². The maximum atomic E-state index is 13.4. The smallest absolute Gasteiger partial charge is 0.326 e. The normalized spacial score (nSPS) is 13.7. The molecule has 0 aliphatic carbocycles. The summed E-state index contributed by atoms with van der Waals surface area (Å²) in [5.74, 6) is -4.13. The number of hydrogen-bond acceptors (Lipinski definition) is 8. The van der Waals surface area contributed by atoms with Crippen LogP contribution in [0.4, 0.5) is 0 Å². The number of carbonyl (C=O) groups excluding carboxylic acids is 4. The molecule has 0 bridgehead atoms. The highest BCUT2D eigenvalue weighted by molar-refractivity contribution is 5.94. The molecule has 45 heavy (non-hydrogen) atoms. The van der Waals surface area contributed by atoms with Gasteiger partial charge in [0, 0.05) is 29.9 Å². The first-order chi connectivity index (χ1) is 21.5. The van der Waals surface area contributed by atoms with Crippen molar-refractivity contribution in [1.29, 1.82) is 0 Å². The standard InChI is InChI=1S/C31H41N7O7/c32-14-4-3-7-24(29(42)38-26(31(44)45)15-18-8-10-20(39)11-9-18)37-30(43)25(12-13-27(34)40)36-28(41)22(33)16-19-17-35-23-6-2-1-5-21(19)23/h1-2,5-6,8-11,17,22,24-26,35,39H,3-4,7,12-16,32-33H2,(H2,34,40)(H,36,41)(H,37,43)(H,38,42)(H,44,45). The maximum absolute atomic E-state index is 13.4. The Kier molecular flexibility index (Phi) is 12.9. The minimum Gasteiger partial charge on any atom is -0.508 e. The number of rotatable bonds is 18. The lowest BCUT2D eigenvalue weighted by molar-refractivity contribution is -0.142. The van der Waals surface area contributed by atoms with Crippen molar-refractivity contribution in [1.82, 2.24) is 20.9 Å². The second kappa shape index (κ2) is 16.8. The number of H-pyrrole nitrogens is 1. The summed E-state index contributed by atoms with van der Waals surface area (Å²) in [5, 5.41) is 27.8. The van der Waals surface area contributed by atoms with Crippen LogP contribution < -0.4 is 33.2 Å². The number of amides is 4. The van der Waals surface area contributed by atoms with Crippen molar-refractivity contribution in [3.8, 4) is 5.75 Å². The van der Waals surface area contributed by atoms with E-state index < -0.39 is 53.8 Å². The number of aliphatic carboxylic acids is 1. The number of aromatic hydroxyl groups is 1. The number of aromatic amines is 1. The summed E-state index contributed by atoms with van der Waals surface area (Å²) in [6.45, 7) is 0.340. The molecule has 14 heteroatoms. The average molecular weight is 624 g/mol. The maximum Gasteiger partial charge on any atom is 0.326 e. The molecule has 0 fully saturated rings. The minimum absolute atomic E-state index is 0.00856. The van der Waals surface area contributed by atoms with E-state index >= 15 is 0 Å². The van der Waals surface area contributed by atoms with Crippen molar-refractivity contribution in [2.24, 2.45) is 17.2 Å². The monoisotopic (exact) mass is 623 g/mol. The quantitative estimate of drug-likeness (QED) is 0.0857. The number of aromatic nitrogens is 1. The van der Waals surface area contributed by atoms with Crippen molar-refractivity contribution in [3.05, 3.63) is 65.9 Å². The first kappa shape index (κ1) is 34.5. The van der Waals surface area contributed by atoms with E-state index in [0.29, 0.717) is 24.9 Å². The van der Waals surface area contributed by atoms with Gasteiger partial charge in [0.1, 0.15) is 23.9 Å². The Morgan fingerprint density at radius 3 is 2.07 bits per heavy atom. The van der Waals surface area contributed by atoms with Gasteiger partial charge in [-0.2, -0.15) is 0 Å². The van der Waals surface area contributed by atoms with E-state index in [1.54, 1.807) is 6.20 Å². The molecule has 3 aromatic rings. The average Bonchev–Trinajstić information content (AvgIpc) is 3.41.